The number of anilines is 1. The van der Waals surface area contributed by atoms with E-state index in [2.05, 4.69) is 15.3 Å². The van der Waals surface area contributed by atoms with E-state index in [0.29, 0.717) is 12.1 Å². The summed E-state index contributed by atoms with van der Waals surface area (Å²) in [6, 6.07) is 2.83. The summed E-state index contributed by atoms with van der Waals surface area (Å²) in [5.41, 5.74) is -1.27. The molecule has 1 N–H and O–H groups in total. The number of nitrogens with one attached hydrogen (secondary N) is 1. The van der Waals surface area contributed by atoms with Gasteiger partial charge in [0.25, 0.3) is 0 Å². The average Bonchev–Trinajstić information content (AvgIpc) is 2.41. The number of benzene rings is 1. The van der Waals surface area contributed by atoms with Gasteiger partial charge in [-0.2, -0.15) is 18.2 Å². The first-order valence-electron chi connectivity index (χ1n) is 5.56. The number of alkyl halides is 3. The smallest absolute Gasteiger partial charge is 0.433 e. The number of hydrogen-bond donors (Lipinski definition) is 1. The van der Waals surface area contributed by atoms with E-state index < -0.39 is 35.1 Å². The van der Waals surface area contributed by atoms with Gasteiger partial charge in [-0.1, -0.05) is 0 Å². The Bertz CT molecular complexity index is 660. The maximum atomic E-state index is 13.4. The topological polar surface area (TPSA) is 47.0 Å². The van der Waals surface area contributed by atoms with Crippen molar-refractivity contribution < 1.29 is 26.7 Å². The minimum Gasteiger partial charge on any atom is -0.436 e. The maximum absolute atomic E-state index is 13.4. The SMILES string of the molecule is CNc1nc(Oc2cc(F)ccc2F)cc(C(F)(F)F)n1. The monoisotopic (exact) mass is 305 g/mol. The van der Waals surface area contributed by atoms with Crippen LogP contribution in [0.4, 0.5) is 27.9 Å². The highest BCUT2D eigenvalue weighted by molar-refractivity contribution is 5.35. The highest BCUT2D eigenvalue weighted by atomic mass is 19.4. The molecule has 9 heteroatoms. The van der Waals surface area contributed by atoms with Crippen LogP contribution in [0.2, 0.25) is 0 Å². The van der Waals surface area contributed by atoms with Crippen LogP contribution in [0.5, 0.6) is 11.6 Å². The number of rotatable bonds is 3. The molecule has 21 heavy (non-hydrogen) atoms. The largest absolute Gasteiger partial charge is 0.436 e. The first-order chi connectivity index (χ1) is 9.79. The van der Waals surface area contributed by atoms with Crippen molar-refractivity contribution in [2.45, 2.75) is 6.18 Å². The molecular formula is C12H8F5N3O. The number of halogens is 5. The molecule has 0 aliphatic heterocycles. The Hall–Kier alpha value is -2.45. The van der Waals surface area contributed by atoms with Crippen molar-refractivity contribution in [3.05, 3.63) is 41.6 Å². The molecule has 0 fully saturated rings. The lowest BCUT2D eigenvalue weighted by Crippen LogP contribution is -2.11. The second kappa shape index (κ2) is 5.51. The van der Waals surface area contributed by atoms with E-state index in [4.69, 9.17) is 4.74 Å². The van der Waals surface area contributed by atoms with E-state index >= 15 is 0 Å². The molecule has 0 atom stereocenters. The molecule has 2 aromatic rings. The van der Waals surface area contributed by atoms with Crippen LogP contribution in [0, 0.1) is 11.6 Å². The van der Waals surface area contributed by atoms with Gasteiger partial charge < -0.3 is 10.1 Å². The van der Waals surface area contributed by atoms with Crippen molar-refractivity contribution in [2.75, 3.05) is 12.4 Å². The third-order valence-electron chi connectivity index (χ3n) is 2.32. The minimum absolute atomic E-state index is 0.364. The summed E-state index contributed by atoms with van der Waals surface area (Å²) in [6.45, 7) is 0. The number of nitrogens with zero attached hydrogens (tertiary/aromatic N) is 2. The maximum Gasteiger partial charge on any atom is 0.433 e. The molecule has 0 bridgehead atoms. The van der Waals surface area contributed by atoms with Crippen molar-refractivity contribution in [3.63, 3.8) is 0 Å². The molecule has 0 unspecified atom stereocenters. The van der Waals surface area contributed by atoms with Crippen LogP contribution in [0.3, 0.4) is 0 Å². The van der Waals surface area contributed by atoms with E-state index in [1.165, 1.54) is 7.05 Å². The molecule has 0 saturated heterocycles. The van der Waals surface area contributed by atoms with Gasteiger partial charge in [-0.15, -0.1) is 0 Å². The fourth-order valence-corrected chi connectivity index (χ4v) is 1.40. The molecule has 1 heterocycles. The molecule has 2 rings (SSSR count). The number of ether oxygens (including phenoxy) is 1. The van der Waals surface area contributed by atoms with Crippen molar-refractivity contribution in [1.82, 2.24) is 9.97 Å². The van der Waals surface area contributed by atoms with E-state index in [1.807, 2.05) is 0 Å². The Morgan fingerprint density at radius 2 is 1.81 bits per heavy atom. The normalized spacial score (nSPS) is 11.3. The van der Waals surface area contributed by atoms with Crippen LogP contribution < -0.4 is 10.1 Å². The van der Waals surface area contributed by atoms with Gasteiger partial charge in [0.05, 0.1) is 0 Å². The van der Waals surface area contributed by atoms with Crippen molar-refractivity contribution in [2.24, 2.45) is 0 Å². The van der Waals surface area contributed by atoms with Gasteiger partial charge in [-0.3, -0.25) is 0 Å². The Labute approximate surface area is 115 Å². The lowest BCUT2D eigenvalue weighted by molar-refractivity contribution is -0.141. The summed E-state index contributed by atoms with van der Waals surface area (Å²) >= 11 is 0. The molecule has 0 amide bonds. The Balaban J connectivity index is 2.42. The zero-order chi connectivity index (χ0) is 15.6. The Morgan fingerprint density at radius 1 is 1.10 bits per heavy atom. The van der Waals surface area contributed by atoms with Crippen LogP contribution in [-0.4, -0.2) is 17.0 Å². The summed E-state index contributed by atoms with van der Waals surface area (Å²) in [4.78, 5) is 6.81. The van der Waals surface area contributed by atoms with Crippen LogP contribution in [0.1, 0.15) is 5.69 Å². The highest BCUT2D eigenvalue weighted by Gasteiger charge is 2.34. The summed E-state index contributed by atoms with van der Waals surface area (Å²) in [5, 5.41) is 2.32. The van der Waals surface area contributed by atoms with Gasteiger partial charge in [0, 0.05) is 19.2 Å². The highest BCUT2D eigenvalue weighted by Crippen LogP contribution is 2.32. The quantitative estimate of drug-likeness (QED) is 0.880. The lowest BCUT2D eigenvalue weighted by Gasteiger charge is -2.11. The third-order valence-corrected chi connectivity index (χ3v) is 2.32. The average molecular weight is 305 g/mol. The molecular weight excluding hydrogens is 297 g/mol. The Kier molecular flexibility index (Phi) is 3.92. The first kappa shape index (κ1) is 14.9. The molecule has 0 radical (unpaired) electrons. The van der Waals surface area contributed by atoms with Gasteiger partial charge in [0.2, 0.25) is 11.8 Å². The first-order valence-corrected chi connectivity index (χ1v) is 5.56. The van der Waals surface area contributed by atoms with Gasteiger partial charge in [0.1, 0.15) is 5.82 Å². The zero-order valence-electron chi connectivity index (χ0n) is 10.5. The summed E-state index contributed by atoms with van der Waals surface area (Å²) in [6.07, 6.45) is -4.73. The molecule has 1 aromatic carbocycles. The van der Waals surface area contributed by atoms with Gasteiger partial charge in [-0.05, 0) is 12.1 Å². The second-order valence-electron chi connectivity index (χ2n) is 3.84. The van der Waals surface area contributed by atoms with Gasteiger partial charge in [0.15, 0.2) is 17.3 Å². The summed E-state index contributed by atoms with van der Waals surface area (Å²) in [5.74, 6) is -3.24. The molecule has 112 valence electrons. The van der Waals surface area contributed by atoms with Crippen molar-refractivity contribution in [1.29, 1.82) is 0 Å². The summed E-state index contributed by atoms with van der Waals surface area (Å²) < 4.78 is 69.2. The molecule has 0 aliphatic carbocycles. The predicted molar refractivity (Wildman–Crippen MR) is 63.0 cm³/mol. The van der Waals surface area contributed by atoms with E-state index in [0.717, 1.165) is 12.1 Å². The predicted octanol–water partition coefficient (Wildman–Crippen LogP) is 3.61. The van der Waals surface area contributed by atoms with Gasteiger partial charge >= 0.3 is 6.18 Å². The van der Waals surface area contributed by atoms with E-state index in [1.54, 1.807) is 0 Å². The fourth-order valence-electron chi connectivity index (χ4n) is 1.40. The van der Waals surface area contributed by atoms with Crippen LogP contribution in [-0.2, 0) is 6.18 Å². The minimum atomic E-state index is -4.73. The molecule has 0 spiro atoms. The standard InChI is InChI=1S/C12H8F5N3O/c1-18-11-19-9(12(15,16)17)5-10(20-11)21-8-4-6(13)2-3-7(8)14/h2-5H,1H3,(H,18,19,20). The molecule has 4 nitrogen and oxygen atoms in total. The van der Waals surface area contributed by atoms with Gasteiger partial charge in [-0.25, -0.2) is 13.8 Å². The second-order valence-corrected chi connectivity index (χ2v) is 3.84. The van der Waals surface area contributed by atoms with E-state index in [-0.39, 0.29) is 5.95 Å². The molecule has 0 saturated carbocycles. The number of aromatic nitrogens is 2. The van der Waals surface area contributed by atoms with Crippen molar-refractivity contribution in [3.8, 4) is 11.6 Å². The Morgan fingerprint density at radius 3 is 2.43 bits per heavy atom. The lowest BCUT2D eigenvalue weighted by atomic mass is 10.3. The van der Waals surface area contributed by atoms with Crippen LogP contribution >= 0.6 is 0 Å². The van der Waals surface area contributed by atoms with E-state index in [9.17, 15) is 22.0 Å². The third kappa shape index (κ3) is 3.56. The molecule has 0 aliphatic rings. The van der Waals surface area contributed by atoms with Crippen molar-refractivity contribution >= 4 is 5.95 Å². The number of hydrogen-bond acceptors (Lipinski definition) is 4. The van der Waals surface area contributed by atoms with Crippen LogP contribution in [0.15, 0.2) is 24.3 Å². The zero-order valence-corrected chi connectivity index (χ0v) is 10.5. The summed E-state index contributed by atoms with van der Waals surface area (Å²) in [7, 11) is 1.31. The fraction of sp³-hybridized carbons (Fsp3) is 0.167. The molecule has 1 aromatic heterocycles. The van der Waals surface area contributed by atoms with Crippen LogP contribution in [0.25, 0.3) is 0 Å².